The van der Waals surface area contributed by atoms with Gasteiger partial charge in [0.05, 0.1) is 0 Å². The third-order valence-corrected chi connectivity index (χ3v) is 3.92. The molecule has 1 aliphatic heterocycles. The fraction of sp³-hybridized carbons (Fsp3) is 0.571. The zero-order valence-electron chi connectivity index (χ0n) is 10.6. The topological polar surface area (TPSA) is 24.1 Å². The first-order valence-corrected chi connectivity index (χ1v) is 7.17. The number of halogens is 1. The third-order valence-electron chi connectivity index (χ3n) is 3.46. The summed E-state index contributed by atoms with van der Waals surface area (Å²) >= 11 is 3.54. The van der Waals surface area contributed by atoms with Crippen LogP contribution >= 0.6 is 15.9 Å². The van der Waals surface area contributed by atoms with Gasteiger partial charge in [-0.3, -0.25) is 0 Å². The van der Waals surface area contributed by atoms with E-state index in [1.54, 1.807) is 0 Å². The molecule has 1 saturated heterocycles. The summed E-state index contributed by atoms with van der Waals surface area (Å²) in [6.07, 6.45) is 2.65. The third kappa shape index (κ3) is 3.46. The standard InChI is InChI=1S/C14H21BrN2/c1-10-6-13(15)7-11(2)14(10)17-9-12-4-3-5-16-8-12/h6-7,12,16-17H,3-5,8-9H2,1-2H3. The predicted octanol–water partition coefficient (Wildman–Crippen LogP) is 3.48. The van der Waals surface area contributed by atoms with Gasteiger partial charge in [0.15, 0.2) is 0 Å². The molecule has 1 atom stereocenters. The van der Waals surface area contributed by atoms with E-state index < -0.39 is 0 Å². The predicted molar refractivity (Wildman–Crippen MR) is 77.7 cm³/mol. The highest BCUT2D eigenvalue weighted by atomic mass is 79.9. The number of anilines is 1. The molecule has 2 nitrogen and oxygen atoms in total. The van der Waals surface area contributed by atoms with Crippen LogP contribution in [0.5, 0.6) is 0 Å². The Morgan fingerprint density at radius 3 is 2.65 bits per heavy atom. The fourth-order valence-corrected chi connectivity index (χ4v) is 3.22. The van der Waals surface area contributed by atoms with Crippen molar-refractivity contribution in [2.24, 2.45) is 5.92 Å². The molecule has 0 radical (unpaired) electrons. The van der Waals surface area contributed by atoms with Crippen LogP contribution in [0, 0.1) is 19.8 Å². The Balaban J connectivity index is 1.98. The average Bonchev–Trinajstić information content (AvgIpc) is 2.29. The first-order chi connectivity index (χ1) is 8.16. The van der Waals surface area contributed by atoms with Crippen LogP contribution in [0.25, 0.3) is 0 Å². The van der Waals surface area contributed by atoms with Crippen molar-refractivity contribution in [1.29, 1.82) is 0 Å². The van der Waals surface area contributed by atoms with Crippen molar-refractivity contribution in [2.75, 3.05) is 25.0 Å². The Morgan fingerprint density at radius 2 is 2.06 bits per heavy atom. The minimum absolute atomic E-state index is 0.770. The van der Waals surface area contributed by atoms with Gasteiger partial charge >= 0.3 is 0 Å². The number of hydrogen-bond donors (Lipinski definition) is 2. The van der Waals surface area contributed by atoms with Crippen molar-refractivity contribution in [3.8, 4) is 0 Å². The van der Waals surface area contributed by atoms with Gasteiger partial charge in [-0.15, -0.1) is 0 Å². The maximum atomic E-state index is 3.62. The molecule has 0 spiro atoms. The van der Waals surface area contributed by atoms with E-state index in [-0.39, 0.29) is 0 Å². The molecule has 1 aromatic rings. The van der Waals surface area contributed by atoms with Gasteiger partial charge in [-0.05, 0) is 69.0 Å². The van der Waals surface area contributed by atoms with Crippen molar-refractivity contribution in [2.45, 2.75) is 26.7 Å². The van der Waals surface area contributed by atoms with Crippen LogP contribution in [-0.2, 0) is 0 Å². The maximum absolute atomic E-state index is 3.62. The highest BCUT2D eigenvalue weighted by molar-refractivity contribution is 9.10. The molecule has 0 aromatic heterocycles. The van der Waals surface area contributed by atoms with Crippen LogP contribution in [0.4, 0.5) is 5.69 Å². The summed E-state index contributed by atoms with van der Waals surface area (Å²) in [5.41, 5.74) is 3.94. The van der Waals surface area contributed by atoms with Crippen molar-refractivity contribution < 1.29 is 0 Å². The quantitative estimate of drug-likeness (QED) is 0.892. The molecule has 3 heteroatoms. The Hall–Kier alpha value is -0.540. The van der Waals surface area contributed by atoms with E-state index in [0.717, 1.165) is 23.5 Å². The van der Waals surface area contributed by atoms with Gasteiger partial charge in [0, 0.05) is 16.7 Å². The van der Waals surface area contributed by atoms with Crippen molar-refractivity contribution in [1.82, 2.24) is 5.32 Å². The minimum atomic E-state index is 0.770. The lowest BCUT2D eigenvalue weighted by atomic mass is 9.99. The van der Waals surface area contributed by atoms with Crippen LogP contribution in [0.15, 0.2) is 16.6 Å². The zero-order valence-corrected chi connectivity index (χ0v) is 12.2. The molecular formula is C14H21BrN2. The highest BCUT2D eigenvalue weighted by Crippen LogP contribution is 2.25. The van der Waals surface area contributed by atoms with Crippen LogP contribution < -0.4 is 10.6 Å². The molecule has 0 saturated carbocycles. The minimum Gasteiger partial charge on any atom is -0.384 e. The summed E-state index contributed by atoms with van der Waals surface area (Å²) in [5.74, 6) is 0.770. The van der Waals surface area contributed by atoms with Crippen molar-refractivity contribution in [3.63, 3.8) is 0 Å². The highest BCUT2D eigenvalue weighted by Gasteiger charge is 2.13. The van der Waals surface area contributed by atoms with Crippen LogP contribution in [0.1, 0.15) is 24.0 Å². The van der Waals surface area contributed by atoms with Gasteiger partial charge in [0.1, 0.15) is 0 Å². The van der Waals surface area contributed by atoms with Crippen molar-refractivity contribution in [3.05, 3.63) is 27.7 Å². The first-order valence-electron chi connectivity index (χ1n) is 6.38. The molecule has 17 heavy (non-hydrogen) atoms. The second-order valence-corrected chi connectivity index (χ2v) is 5.92. The van der Waals surface area contributed by atoms with Crippen LogP contribution in [0.2, 0.25) is 0 Å². The van der Waals surface area contributed by atoms with Crippen LogP contribution in [-0.4, -0.2) is 19.6 Å². The van der Waals surface area contributed by atoms with Gasteiger partial charge in [-0.25, -0.2) is 0 Å². The summed E-state index contributed by atoms with van der Waals surface area (Å²) in [6, 6.07) is 4.35. The molecule has 1 unspecified atom stereocenters. The second kappa shape index (κ2) is 5.87. The number of benzene rings is 1. The first kappa shape index (κ1) is 12.9. The second-order valence-electron chi connectivity index (χ2n) is 5.01. The fourth-order valence-electron chi connectivity index (χ4n) is 2.53. The van der Waals surface area contributed by atoms with E-state index in [1.165, 1.54) is 36.2 Å². The lowest BCUT2D eigenvalue weighted by Gasteiger charge is -2.24. The van der Waals surface area contributed by atoms with Crippen molar-refractivity contribution >= 4 is 21.6 Å². The molecule has 0 amide bonds. The van der Waals surface area contributed by atoms with E-state index in [9.17, 15) is 0 Å². The lowest BCUT2D eigenvalue weighted by molar-refractivity contribution is 0.393. The zero-order chi connectivity index (χ0) is 12.3. The number of aryl methyl sites for hydroxylation is 2. The molecule has 0 bridgehead atoms. The molecule has 1 aromatic carbocycles. The van der Waals surface area contributed by atoms with Gasteiger partial charge in [0.25, 0.3) is 0 Å². The summed E-state index contributed by atoms with van der Waals surface area (Å²) in [6.45, 7) is 7.75. The van der Waals surface area contributed by atoms with E-state index in [0.29, 0.717) is 0 Å². The lowest BCUT2D eigenvalue weighted by Crippen LogP contribution is -2.33. The summed E-state index contributed by atoms with van der Waals surface area (Å²) in [4.78, 5) is 0. The SMILES string of the molecule is Cc1cc(Br)cc(C)c1NCC1CCCNC1. The van der Waals surface area contributed by atoms with E-state index in [1.807, 2.05) is 0 Å². The maximum Gasteiger partial charge on any atom is 0.0400 e. The van der Waals surface area contributed by atoms with Gasteiger partial charge < -0.3 is 10.6 Å². The molecule has 94 valence electrons. The normalized spacial score (nSPS) is 20.3. The largest absolute Gasteiger partial charge is 0.384 e. The molecule has 0 aliphatic carbocycles. The summed E-state index contributed by atoms with van der Waals surface area (Å²) in [5, 5.41) is 7.08. The smallest absolute Gasteiger partial charge is 0.0400 e. The van der Waals surface area contributed by atoms with Gasteiger partial charge in [-0.2, -0.15) is 0 Å². The van der Waals surface area contributed by atoms with E-state index in [4.69, 9.17) is 0 Å². The molecule has 2 N–H and O–H groups in total. The van der Waals surface area contributed by atoms with Crippen LogP contribution in [0.3, 0.4) is 0 Å². The average molecular weight is 297 g/mol. The number of hydrogen-bond acceptors (Lipinski definition) is 2. The number of rotatable bonds is 3. The number of piperidine rings is 1. The molecule has 1 fully saturated rings. The monoisotopic (exact) mass is 296 g/mol. The molecular weight excluding hydrogens is 276 g/mol. The Morgan fingerprint density at radius 1 is 1.35 bits per heavy atom. The Labute approximate surface area is 112 Å². The molecule has 1 aliphatic rings. The van der Waals surface area contributed by atoms with E-state index in [2.05, 4.69) is 52.5 Å². The molecule has 2 rings (SSSR count). The Kier molecular flexibility index (Phi) is 4.46. The summed E-state index contributed by atoms with van der Waals surface area (Å²) < 4.78 is 1.16. The molecule has 1 heterocycles. The Bertz CT molecular complexity index is 361. The van der Waals surface area contributed by atoms with Gasteiger partial charge in [0.2, 0.25) is 0 Å². The van der Waals surface area contributed by atoms with Gasteiger partial charge in [-0.1, -0.05) is 15.9 Å². The number of nitrogens with one attached hydrogen (secondary N) is 2. The van der Waals surface area contributed by atoms with E-state index >= 15 is 0 Å². The summed E-state index contributed by atoms with van der Waals surface area (Å²) in [7, 11) is 0.